The zero-order valence-corrected chi connectivity index (χ0v) is 15.7. The first-order valence-corrected chi connectivity index (χ1v) is 10.8. The van der Waals surface area contributed by atoms with Crippen molar-refractivity contribution in [2.75, 3.05) is 11.5 Å². The summed E-state index contributed by atoms with van der Waals surface area (Å²) >= 11 is 1.54. The summed E-state index contributed by atoms with van der Waals surface area (Å²) in [7, 11) is -3.02. The van der Waals surface area contributed by atoms with Crippen molar-refractivity contribution in [3.05, 3.63) is 46.8 Å². The number of nitrogens with zero attached hydrogens (tertiary/aromatic N) is 1. The van der Waals surface area contributed by atoms with Crippen LogP contribution in [0.25, 0.3) is 0 Å². The SMILES string of the molecule is Cc1noc(C)c1CSc1ccccc1C(=O)N[C@H]1CCS(=O)(=O)C1. The molecule has 1 aromatic carbocycles. The standard InChI is InChI=1S/C17H20N2O4S2/c1-11-15(12(2)23-19-11)9-24-16-6-4-3-5-14(16)17(20)18-13-7-8-25(21,22)10-13/h3-6,13H,7-10H2,1-2H3,(H,18,20)/t13-/m0/s1. The molecule has 3 rings (SSSR count). The van der Waals surface area contributed by atoms with Crippen LogP contribution in [0, 0.1) is 13.8 Å². The Bertz CT molecular complexity index is 870. The summed E-state index contributed by atoms with van der Waals surface area (Å²) in [4.78, 5) is 13.4. The number of amides is 1. The molecule has 0 radical (unpaired) electrons. The van der Waals surface area contributed by atoms with Gasteiger partial charge in [-0.3, -0.25) is 4.79 Å². The van der Waals surface area contributed by atoms with E-state index in [-0.39, 0.29) is 23.5 Å². The van der Waals surface area contributed by atoms with Crippen molar-refractivity contribution >= 4 is 27.5 Å². The smallest absolute Gasteiger partial charge is 0.252 e. The molecule has 134 valence electrons. The van der Waals surface area contributed by atoms with Crippen molar-refractivity contribution < 1.29 is 17.7 Å². The van der Waals surface area contributed by atoms with Crippen LogP contribution in [-0.4, -0.2) is 37.0 Å². The van der Waals surface area contributed by atoms with Crippen LogP contribution < -0.4 is 5.32 Å². The van der Waals surface area contributed by atoms with Crippen LogP contribution in [0.15, 0.2) is 33.7 Å². The average molecular weight is 380 g/mol. The predicted molar refractivity (Wildman–Crippen MR) is 96.5 cm³/mol. The molecule has 0 spiro atoms. The third-order valence-electron chi connectivity index (χ3n) is 4.25. The van der Waals surface area contributed by atoms with E-state index < -0.39 is 9.84 Å². The lowest BCUT2D eigenvalue weighted by Gasteiger charge is -2.13. The number of hydrogen-bond acceptors (Lipinski definition) is 6. The van der Waals surface area contributed by atoms with Crippen molar-refractivity contribution in [1.29, 1.82) is 0 Å². The Hall–Kier alpha value is -1.80. The summed E-state index contributed by atoms with van der Waals surface area (Å²) in [5.41, 5.74) is 2.44. The fourth-order valence-corrected chi connectivity index (χ4v) is 5.69. The van der Waals surface area contributed by atoms with Gasteiger partial charge in [-0.05, 0) is 32.4 Å². The van der Waals surface area contributed by atoms with E-state index in [1.165, 1.54) is 0 Å². The molecular formula is C17H20N2O4S2. The number of rotatable bonds is 5. The van der Waals surface area contributed by atoms with Crippen LogP contribution in [0.3, 0.4) is 0 Å². The number of aryl methyl sites for hydroxylation is 2. The third-order valence-corrected chi connectivity index (χ3v) is 7.12. The largest absolute Gasteiger partial charge is 0.361 e. The van der Waals surface area contributed by atoms with E-state index in [1.54, 1.807) is 23.9 Å². The predicted octanol–water partition coefficient (Wildman–Crippen LogP) is 2.50. The molecule has 0 aliphatic carbocycles. The first kappa shape index (κ1) is 18.0. The summed E-state index contributed by atoms with van der Waals surface area (Å²) in [6.45, 7) is 3.76. The molecule has 25 heavy (non-hydrogen) atoms. The lowest BCUT2D eigenvalue weighted by atomic mass is 10.2. The zero-order chi connectivity index (χ0) is 18.0. The average Bonchev–Trinajstić information content (AvgIpc) is 3.07. The Morgan fingerprint density at radius 3 is 2.76 bits per heavy atom. The fraction of sp³-hybridized carbons (Fsp3) is 0.412. The van der Waals surface area contributed by atoms with Gasteiger partial charge in [0.1, 0.15) is 5.76 Å². The van der Waals surface area contributed by atoms with Gasteiger partial charge >= 0.3 is 0 Å². The molecule has 6 nitrogen and oxygen atoms in total. The molecule has 2 aromatic rings. The number of carbonyl (C=O) groups excluding carboxylic acids is 1. The normalized spacial score (nSPS) is 19.0. The second-order valence-corrected chi connectivity index (χ2v) is 9.41. The van der Waals surface area contributed by atoms with Crippen LogP contribution in [0.5, 0.6) is 0 Å². The highest BCUT2D eigenvalue weighted by atomic mass is 32.2. The maximum Gasteiger partial charge on any atom is 0.252 e. The highest BCUT2D eigenvalue weighted by molar-refractivity contribution is 7.98. The Labute approximate surface area is 151 Å². The van der Waals surface area contributed by atoms with Crippen LogP contribution in [0.2, 0.25) is 0 Å². The van der Waals surface area contributed by atoms with Gasteiger partial charge in [-0.25, -0.2) is 8.42 Å². The van der Waals surface area contributed by atoms with E-state index in [9.17, 15) is 13.2 Å². The van der Waals surface area contributed by atoms with Crippen molar-refractivity contribution in [2.24, 2.45) is 0 Å². The monoisotopic (exact) mass is 380 g/mol. The molecule has 1 aromatic heterocycles. The topological polar surface area (TPSA) is 89.3 Å². The van der Waals surface area contributed by atoms with E-state index in [2.05, 4.69) is 10.5 Å². The molecule has 2 heterocycles. The Morgan fingerprint density at radius 2 is 2.12 bits per heavy atom. The third kappa shape index (κ3) is 4.24. The van der Waals surface area contributed by atoms with Crippen molar-refractivity contribution in [2.45, 2.75) is 37.0 Å². The lowest BCUT2D eigenvalue weighted by molar-refractivity contribution is 0.0938. The number of thioether (sulfide) groups is 1. The van der Waals surface area contributed by atoms with Crippen LogP contribution in [-0.2, 0) is 15.6 Å². The zero-order valence-electron chi connectivity index (χ0n) is 14.1. The quantitative estimate of drug-likeness (QED) is 0.802. The minimum absolute atomic E-state index is 0.0210. The van der Waals surface area contributed by atoms with Crippen LogP contribution in [0.4, 0.5) is 0 Å². The maximum atomic E-state index is 12.6. The molecule has 1 aliphatic rings. The first-order chi connectivity index (χ1) is 11.9. The summed E-state index contributed by atoms with van der Waals surface area (Å²) in [5.74, 6) is 1.36. The summed E-state index contributed by atoms with van der Waals surface area (Å²) < 4.78 is 28.3. The molecular weight excluding hydrogens is 360 g/mol. The fourth-order valence-electron chi connectivity index (χ4n) is 2.81. The van der Waals surface area contributed by atoms with E-state index in [0.29, 0.717) is 17.7 Å². The molecule has 1 amide bonds. The van der Waals surface area contributed by atoms with Gasteiger partial charge in [0, 0.05) is 22.3 Å². The maximum absolute atomic E-state index is 12.6. The lowest BCUT2D eigenvalue weighted by Crippen LogP contribution is -2.35. The number of benzene rings is 1. The van der Waals surface area contributed by atoms with Gasteiger partial charge in [0.2, 0.25) is 0 Å². The summed E-state index contributed by atoms with van der Waals surface area (Å²) in [6, 6.07) is 7.03. The molecule has 1 atom stereocenters. The van der Waals surface area contributed by atoms with Gasteiger partial charge < -0.3 is 9.84 Å². The second kappa shape index (κ2) is 7.21. The van der Waals surface area contributed by atoms with Gasteiger partial charge in [0.15, 0.2) is 9.84 Å². The van der Waals surface area contributed by atoms with E-state index >= 15 is 0 Å². The Balaban J connectivity index is 1.71. The minimum atomic E-state index is -3.02. The summed E-state index contributed by atoms with van der Waals surface area (Å²) in [6.07, 6.45) is 0.475. The second-order valence-electron chi connectivity index (χ2n) is 6.16. The molecule has 0 unspecified atom stereocenters. The molecule has 1 fully saturated rings. The number of aromatic nitrogens is 1. The van der Waals surface area contributed by atoms with E-state index in [4.69, 9.17) is 4.52 Å². The Morgan fingerprint density at radius 1 is 1.36 bits per heavy atom. The van der Waals surface area contributed by atoms with Gasteiger partial charge in [0.05, 0.1) is 22.8 Å². The van der Waals surface area contributed by atoms with Gasteiger partial charge in [0.25, 0.3) is 5.91 Å². The molecule has 8 heteroatoms. The number of nitrogens with one attached hydrogen (secondary N) is 1. The van der Waals surface area contributed by atoms with Crippen molar-refractivity contribution in [3.63, 3.8) is 0 Å². The highest BCUT2D eigenvalue weighted by Gasteiger charge is 2.29. The van der Waals surface area contributed by atoms with Gasteiger partial charge in [-0.15, -0.1) is 11.8 Å². The van der Waals surface area contributed by atoms with Gasteiger partial charge in [-0.1, -0.05) is 17.3 Å². The molecule has 1 N–H and O–H groups in total. The number of sulfone groups is 1. The van der Waals surface area contributed by atoms with E-state index in [0.717, 1.165) is 21.9 Å². The molecule has 1 aliphatic heterocycles. The van der Waals surface area contributed by atoms with Crippen molar-refractivity contribution in [3.8, 4) is 0 Å². The Kier molecular flexibility index (Phi) is 5.19. The highest BCUT2D eigenvalue weighted by Crippen LogP contribution is 2.29. The molecule has 0 bridgehead atoms. The van der Waals surface area contributed by atoms with Crippen LogP contribution >= 0.6 is 11.8 Å². The number of hydrogen-bond donors (Lipinski definition) is 1. The van der Waals surface area contributed by atoms with Crippen molar-refractivity contribution in [1.82, 2.24) is 10.5 Å². The minimum Gasteiger partial charge on any atom is -0.361 e. The van der Waals surface area contributed by atoms with E-state index in [1.807, 2.05) is 26.0 Å². The number of carbonyl (C=O) groups is 1. The first-order valence-electron chi connectivity index (χ1n) is 8.00. The molecule has 1 saturated heterocycles. The van der Waals surface area contributed by atoms with Gasteiger partial charge in [-0.2, -0.15) is 0 Å². The molecule has 0 saturated carbocycles. The van der Waals surface area contributed by atoms with Crippen LogP contribution in [0.1, 0.15) is 33.8 Å². The summed E-state index contributed by atoms with van der Waals surface area (Å²) in [5, 5.41) is 6.79.